The van der Waals surface area contributed by atoms with Crippen LogP contribution in [-0.4, -0.2) is 44.0 Å². The van der Waals surface area contributed by atoms with Crippen molar-refractivity contribution in [3.63, 3.8) is 0 Å². The molecule has 1 fully saturated rings. The first-order valence-corrected chi connectivity index (χ1v) is 13.3. The molecule has 0 bridgehead atoms. The minimum absolute atomic E-state index is 0.126. The van der Waals surface area contributed by atoms with Crippen molar-refractivity contribution in [1.29, 1.82) is 0 Å². The summed E-state index contributed by atoms with van der Waals surface area (Å²) < 4.78 is 47.6. The van der Waals surface area contributed by atoms with E-state index in [0.717, 1.165) is 12.8 Å². The highest BCUT2D eigenvalue weighted by Crippen LogP contribution is 2.30. The van der Waals surface area contributed by atoms with Crippen LogP contribution in [0.2, 0.25) is 0 Å². The van der Waals surface area contributed by atoms with Crippen molar-refractivity contribution in [3.05, 3.63) is 65.0 Å². The average molecular weight is 489 g/mol. The van der Waals surface area contributed by atoms with Crippen LogP contribution < -0.4 is 9.46 Å². The average Bonchev–Trinajstić information content (AvgIpc) is 3.60. The fraction of sp³-hybridized carbons (Fsp3) is 0.440. The topological polar surface area (TPSA) is 92.8 Å². The van der Waals surface area contributed by atoms with E-state index in [0.29, 0.717) is 48.7 Å². The van der Waals surface area contributed by atoms with Crippen LogP contribution in [-0.2, 0) is 10.0 Å². The van der Waals surface area contributed by atoms with E-state index in [1.54, 1.807) is 43.3 Å². The number of fused-ring (bicyclic) bond motifs is 1. The zero-order chi connectivity index (χ0) is 24.3. The van der Waals surface area contributed by atoms with Gasteiger partial charge in [-0.25, -0.2) is 17.5 Å². The van der Waals surface area contributed by atoms with E-state index in [9.17, 15) is 22.4 Å². The molecule has 1 atom stereocenters. The van der Waals surface area contributed by atoms with Gasteiger partial charge in [-0.15, -0.1) is 0 Å². The Morgan fingerprint density at radius 2 is 1.74 bits per heavy atom. The molecule has 0 aromatic heterocycles. The minimum Gasteiger partial charge on any atom is -0.493 e. The van der Waals surface area contributed by atoms with Gasteiger partial charge in [0, 0.05) is 18.2 Å². The number of halogens is 1. The molecule has 0 spiro atoms. The minimum atomic E-state index is -3.64. The number of unbranched alkanes of at least 4 members (excludes halogenated alkanes) is 2. The van der Waals surface area contributed by atoms with Crippen LogP contribution in [0, 0.1) is 11.7 Å². The predicted octanol–water partition coefficient (Wildman–Crippen LogP) is 4.06. The van der Waals surface area contributed by atoms with Crippen molar-refractivity contribution < 1.29 is 27.1 Å². The van der Waals surface area contributed by atoms with Gasteiger partial charge in [-0.05, 0) is 68.9 Å². The second-order valence-corrected chi connectivity index (χ2v) is 10.8. The maximum Gasteiger partial charge on any atom is 0.261 e. The number of imide groups is 1. The SMILES string of the molecule is CC(NS(=O)(=O)CCCCCN1C(=O)c2ccccc2C1=O)c1cc(OCC2CC2)ccc1F. The van der Waals surface area contributed by atoms with Gasteiger partial charge in [-0.2, -0.15) is 0 Å². The molecule has 1 N–H and O–H groups in total. The van der Waals surface area contributed by atoms with Crippen LogP contribution in [0.1, 0.15) is 71.3 Å². The molecule has 9 heteroatoms. The van der Waals surface area contributed by atoms with Gasteiger partial charge in [0.25, 0.3) is 11.8 Å². The number of sulfonamides is 1. The van der Waals surface area contributed by atoms with Crippen molar-refractivity contribution in [1.82, 2.24) is 9.62 Å². The van der Waals surface area contributed by atoms with E-state index < -0.39 is 21.9 Å². The summed E-state index contributed by atoms with van der Waals surface area (Å²) in [5, 5.41) is 0. The summed E-state index contributed by atoms with van der Waals surface area (Å²) in [4.78, 5) is 26.0. The van der Waals surface area contributed by atoms with E-state index in [2.05, 4.69) is 4.72 Å². The number of hydrogen-bond donors (Lipinski definition) is 1. The zero-order valence-electron chi connectivity index (χ0n) is 19.1. The number of ether oxygens (including phenoxy) is 1. The molecule has 0 saturated heterocycles. The van der Waals surface area contributed by atoms with Gasteiger partial charge in [0.1, 0.15) is 11.6 Å². The third-order valence-electron chi connectivity index (χ3n) is 6.15. The molecule has 2 aromatic rings. The molecule has 2 amide bonds. The second-order valence-electron chi connectivity index (χ2n) is 8.96. The van der Waals surface area contributed by atoms with Crippen LogP contribution in [0.15, 0.2) is 42.5 Å². The van der Waals surface area contributed by atoms with Gasteiger partial charge in [0.05, 0.1) is 23.5 Å². The monoisotopic (exact) mass is 488 g/mol. The third-order valence-corrected chi connectivity index (χ3v) is 7.68. The number of hydrogen-bond acceptors (Lipinski definition) is 5. The van der Waals surface area contributed by atoms with Gasteiger partial charge >= 0.3 is 0 Å². The number of rotatable bonds is 12. The van der Waals surface area contributed by atoms with Crippen molar-refractivity contribution in [2.75, 3.05) is 18.9 Å². The number of nitrogens with zero attached hydrogens (tertiary/aromatic N) is 1. The summed E-state index contributed by atoms with van der Waals surface area (Å²) in [5.74, 6) is -0.152. The standard InChI is InChI=1S/C25H29FN2O5S/c1-17(22-15-19(11-12-23(22)26)33-16-18-9-10-18)27-34(31,32)14-6-2-5-13-28-24(29)20-7-3-4-8-21(20)25(28)30/h3-4,7-8,11-12,15,17-18,27H,2,5-6,9-10,13-14,16H2,1H3. The largest absolute Gasteiger partial charge is 0.493 e. The summed E-state index contributed by atoms with van der Waals surface area (Å²) in [6, 6.07) is 10.4. The molecular weight excluding hydrogens is 459 g/mol. The van der Waals surface area contributed by atoms with Gasteiger partial charge in [0.2, 0.25) is 10.0 Å². The molecule has 2 aromatic carbocycles. The lowest BCUT2D eigenvalue weighted by Gasteiger charge is -2.17. The number of benzene rings is 2. The zero-order valence-corrected chi connectivity index (χ0v) is 19.9. The third kappa shape index (κ3) is 5.82. The predicted molar refractivity (Wildman–Crippen MR) is 126 cm³/mol. The van der Waals surface area contributed by atoms with E-state index >= 15 is 0 Å². The summed E-state index contributed by atoms with van der Waals surface area (Å²) in [5.41, 5.74) is 1.05. The fourth-order valence-electron chi connectivity index (χ4n) is 4.01. The highest BCUT2D eigenvalue weighted by atomic mass is 32.2. The molecule has 2 aliphatic rings. The first-order valence-electron chi connectivity index (χ1n) is 11.6. The number of carbonyl (C=O) groups excluding carboxylic acids is 2. The van der Waals surface area contributed by atoms with Gasteiger partial charge in [-0.1, -0.05) is 18.6 Å². The number of nitrogens with one attached hydrogen (secondary N) is 1. The Kier molecular flexibility index (Phi) is 7.33. The molecule has 1 unspecified atom stereocenters. The summed E-state index contributed by atoms with van der Waals surface area (Å²) >= 11 is 0. The quantitative estimate of drug-likeness (QED) is 0.359. The summed E-state index contributed by atoms with van der Waals surface area (Å²) in [6.45, 7) is 2.43. The van der Waals surface area contributed by atoms with Crippen LogP contribution >= 0.6 is 0 Å². The highest BCUT2D eigenvalue weighted by molar-refractivity contribution is 7.89. The second kappa shape index (κ2) is 10.2. The van der Waals surface area contributed by atoms with Crippen molar-refractivity contribution >= 4 is 21.8 Å². The molecule has 7 nitrogen and oxygen atoms in total. The Hall–Kier alpha value is -2.78. The van der Waals surface area contributed by atoms with E-state index in [1.165, 1.54) is 11.0 Å². The van der Waals surface area contributed by atoms with Crippen LogP contribution in [0.5, 0.6) is 5.75 Å². The molecule has 1 saturated carbocycles. The number of amides is 2. The molecule has 182 valence electrons. The fourth-order valence-corrected chi connectivity index (χ4v) is 5.38. The lowest BCUT2D eigenvalue weighted by atomic mass is 10.1. The Bertz CT molecular complexity index is 1140. The van der Waals surface area contributed by atoms with Crippen LogP contribution in [0.25, 0.3) is 0 Å². The lowest BCUT2D eigenvalue weighted by molar-refractivity contribution is 0.0651. The van der Waals surface area contributed by atoms with E-state index in [1.807, 2.05) is 0 Å². The van der Waals surface area contributed by atoms with Crippen LogP contribution in [0.4, 0.5) is 4.39 Å². The van der Waals surface area contributed by atoms with Crippen molar-refractivity contribution in [2.24, 2.45) is 5.92 Å². The van der Waals surface area contributed by atoms with Gasteiger partial charge < -0.3 is 4.74 Å². The summed E-state index contributed by atoms with van der Waals surface area (Å²) in [6.07, 6.45) is 3.68. The molecule has 1 aliphatic carbocycles. The van der Waals surface area contributed by atoms with E-state index in [4.69, 9.17) is 4.74 Å². The van der Waals surface area contributed by atoms with Crippen molar-refractivity contribution in [2.45, 2.75) is 45.1 Å². The molecule has 1 heterocycles. The van der Waals surface area contributed by atoms with Crippen LogP contribution in [0.3, 0.4) is 0 Å². The van der Waals surface area contributed by atoms with Crippen molar-refractivity contribution in [3.8, 4) is 5.75 Å². The van der Waals surface area contributed by atoms with E-state index in [-0.39, 0.29) is 29.7 Å². The first-order chi connectivity index (χ1) is 16.2. The molecular formula is C25H29FN2O5S. The van der Waals surface area contributed by atoms with Gasteiger partial charge in [0.15, 0.2) is 0 Å². The maximum atomic E-state index is 14.3. The lowest BCUT2D eigenvalue weighted by Crippen LogP contribution is -2.31. The van der Waals surface area contributed by atoms with Gasteiger partial charge in [-0.3, -0.25) is 14.5 Å². The normalized spacial score (nSPS) is 16.6. The Morgan fingerprint density at radius 3 is 2.38 bits per heavy atom. The molecule has 4 rings (SSSR count). The highest BCUT2D eigenvalue weighted by Gasteiger charge is 2.34. The smallest absolute Gasteiger partial charge is 0.261 e. The Morgan fingerprint density at radius 1 is 1.06 bits per heavy atom. The summed E-state index contributed by atoms with van der Waals surface area (Å²) in [7, 11) is -3.64. The molecule has 0 radical (unpaired) electrons. The number of carbonyl (C=O) groups is 2. The Labute approximate surface area is 199 Å². The molecule has 1 aliphatic heterocycles. The maximum absolute atomic E-state index is 14.3. The first kappa shape index (κ1) is 24.3. The molecule has 34 heavy (non-hydrogen) atoms. The Balaban J connectivity index is 1.23.